The number of hydrogen-bond donors (Lipinski definition) is 1. The Kier molecular flexibility index (Phi) is 7.66. The maximum atomic E-state index is 12.4. The van der Waals surface area contributed by atoms with Gasteiger partial charge in [-0.25, -0.2) is 0 Å². The minimum Gasteiger partial charge on any atom is -0.484 e. The first-order valence-corrected chi connectivity index (χ1v) is 11.0. The van der Waals surface area contributed by atoms with Gasteiger partial charge < -0.3 is 15.0 Å². The summed E-state index contributed by atoms with van der Waals surface area (Å²) in [7, 11) is 0. The second kappa shape index (κ2) is 10.4. The normalized spacial score (nSPS) is 14.8. The molecule has 1 aliphatic heterocycles. The molecule has 0 unspecified atom stereocenters. The fourth-order valence-corrected chi connectivity index (χ4v) is 3.87. The summed E-state index contributed by atoms with van der Waals surface area (Å²) >= 11 is 1.44. The van der Waals surface area contributed by atoms with Gasteiger partial charge in [0.1, 0.15) is 5.75 Å². The lowest BCUT2D eigenvalue weighted by molar-refractivity contribution is -0.135. The lowest BCUT2D eigenvalue weighted by Crippen LogP contribution is -2.51. The minimum atomic E-state index is -0.0209. The van der Waals surface area contributed by atoms with Gasteiger partial charge in [-0.05, 0) is 35.1 Å². The third-order valence-corrected chi connectivity index (χ3v) is 5.96. The standard InChI is InChI=1S/C22H29N3O3S/c1-17(2)18-5-7-19(8-6-18)28-16-21(26)25-13-11-24(12-14-25)10-9-23-22(27)20-4-3-15-29-20/h3-8,15,17H,9-14,16H2,1-2H3,(H,23,27). The number of hydrogen-bond acceptors (Lipinski definition) is 5. The van der Waals surface area contributed by atoms with E-state index >= 15 is 0 Å². The number of carbonyl (C=O) groups excluding carboxylic acids is 2. The second-order valence-corrected chi connectivity index (χ2v) is 8.42. The topological polar surface area (TPSA) is 61.9 Å². The van der Waals surface area contributed by atoms with Crippen molar-refractivity contribution in [3.63, 3.8) is 0 Å². The first-order chi connectivity index (χ1) is 14.0. The molecule has 29 heavy (non-hydrogen) atoms. The van der Waals surface area contributed by atoms with Crippen LogP contribution in [-0.2, 0) is 4.79 Å². The minimum absolute atomic E-state index is 0.0172. The van der Waals surface area contributed by atoms with Crippen LogP contribution in [0.1, 0.15) is 35.0 Å². The fraction of sp³-hybridized carbons (Fsp3) is 0.455. The summed E-state index contributed by atoms with van der Waals surface area (Å²) in [6.45, 7) is 8.76. The molecule has 1 N–H and O–H groups in total. The molecule has 0 spiro atoms. The van der Waals surface area contributed by atoms with E-state index in [0.29, 0.717) is 25.6 Å². The molecular formula is C22H29N3O3S. The number of rotatable bonds is 8. The summed E-state index contributed by atoms with van der Waals surface area (Å²) in [6.07, 6.45) is 0. The van der Waals surface area contributed by atoms with Crippen molar-refractivity contribution in [3.05, 3.63) is 52.2 Å². The predicted molar refractivity (Wildman–Crippen MR) is 116 cm³/mol. The summed E-state index contributed by atoms with van der Waals surface area (Å²) in [5.41, 5.74) is 1.26. The van der Waals surface area contributed by atoms with Crippen LogP contribution in [-0.4, -0.2) is 67.5 Å². The Hall–Kier alpha value is -2.38. The smallest absolute Gasteiger partial charge is 0.261 e. The Balaban J connectivity index is 1.33. The summed E-state index contributed by atoms with van der Waals surface area (Å²) in [4.78, 5) is 29.2. The van der Waals surface area contributed by atoms with E-state index in [1.807, 2.05) is 46.7 Å². The van der Waals surface area contributed by atoms with Crippen LogP contribution < -0.4 is 10.1 Å². The van der Waals surface area contributed by atoms with Crippen molar-refractivity contribution in [1.82, 2.24) is 15.1 Å². The van der Waals surface area contributed by atoms with Crippen LogP contribution in [0.5, 0.6) is 5.75 Å². The third kappa shape index (κ3) is 6.30. The number of nitrogens with one attached hydrogen (secondary N) is 1. The van der Waals surface area contributed by atoms with E-state index in [9.17, 15) is 9.59 Å². The number of piperazine rings is 1. The Morgan fingerprint density at radius 2 is 1.83 bits per heavy atom. The van der Waals surface area contributed by atoms with Crippen molar-refractivity contribution < 1.29 is 14.3 Å². The van der Waals surface area contributed by atoms with Crippen molar-refractivity contribution in [2.45, 2.75) is 19.8 Å². The van der Waals surface area contributed by atoms with E-state index in [1.165, 1.54) is 16.9 Å². The average molecular weight is 416 g/mol. The number of amides is 2. The maximum Gasteiger partial charge on any atom is 0.261 e. The van der Waals surface area contributed by atoms with Crippen LogP contribution in [0.25, 0.3) is 0 Å². The summed E-state index contributed by atoms with van der Waals surface area (Å²) in [6, 6.07) is 11.6. The van der Waals surface area contributed by atoms with E-state index in [-0.39, 0.29) is 18.4 Å². The first-order valence-electron chi connectivity index (χ1n) is 10.1. The summed E-state index contributed by atoms with van der Waals surface area (Å²) in [5.74, 6) is 1.20. The highest BCUT2D eigenvalue weighted by molar-refractivity contribution is 7.12. The zero-order valence-electron chi connectivity index (χ0n) is 17.1. The van der Waals surface area contributed by atoms with Crippen LogP contribution in [0, 0.1) is 0 Å². The molecule has 156 valence electrons. The van der Waals surface area contributed by atoms with Gasteiger partial charge in [-0.3, -0.25) is 14.5 Å². The Bertz CT molecular complexity index is 782. The number of benzene rings is 1. The molecule has 2 heterocycles. The quantitative estimate of drug-likeness (QED) is 0.720. The van der Waals surface area contributed by atoms with Gasteiger partial charge in [-0.1, -0.05) is 32.0 Å². The van der Waals surface area contributed by atoms with E-state index in [2.05, 4.69) is 24.1 Å². The zero-order valence-corrected chi connectivity index (χ0v) is 17.9. The number of thiophene rings is 1. The van der Waals surface area contributed by atoms with Gasteiger partial charge in [0.25, 0.3) is 11.8 Å². The molecule has 1 saturated heterocycles. The maximum absolute atomic E-state index is 12.4. The highest BCUT2D eigenvalue weighted by Crippen LogP contribution is 2.18. The van der Waals surface area contributed by atoms with Crippen LogP contribution in [0.15, 0.2) is 41.8 Å². The van der Waals surface area contributed by atoms with Crippen molar-refractivity contribution in [2.75, 3.05) is 45.9 Å². The van der Waals surface area contributed by atoms with Gasteiger partial charge in [0.15, 0.2) is 6.61 Å². The molecule has 1 aromatic heterocycles. The molecule has 0 aliphatic carbocycles. The molecule has 1 aliphatic rings. The van der Waals surface area contributed by atoms with E-state index in [1.54, 1.807) is 0 Å². The largest absolute Gasteiger partial charge is 0.484 e. The van der Waals surface area contributed by atoms with Gasteiger partial charge in [-0.15, -0.1) is 11.3 Å². The lowest BCUT2D eigenvalue weighted by atomic mass is 10.0. The lowest BCUT2D eigenvalue weighted by Gasteiger charge is -2.34. The van der Waals surface area contributed by atoms with Crippen LogP contribution >= 0.6 is 11.3 Å². The average Bonchev–Trinajstić information content (AvgIpc) is 3.28. The number of nitrogens with zero attached hydrogens (tertiary/aromatic N) is 2. The van der Waals surface area contributed by atoms with Crippen LogP contribution in [0.2, 0.25) is 0 Å². The highest BCUT2D eigenvalue weighted by Gasteiger charge is 2.21. The van der Waals surface area contributed by atoms with Gasteiger partial charge in [-0.2, -0.15) is 0 Å². The molecule has 0 radical (unpaired) electrons. The molecule has 6 nitrogen and oxygen atoms in total. The van der Waals surface area contributed by atoms with Crippen LogP contribution in [0.3, 0.4) is 0 Å². The van der Waals surface area contributed by atoms with Gasteiger partial charge >= 0.3 is 0 Å². The predicted octanol–water partition coefficient (Wildman–Crippen LogP) is 2.82. The molecular weight excluding hydrogens is 386 g/mol. The molecule has 3 rings (SSSR count). The molecule has 2 aromatic rings. The van der Waals surface area contributed by atoms with Crippen molar-refractivity contribution >= 4 is 23.2 Å². The molecule has 0 saturated carbocycles. The van der Waals surface area contributed by atoms with Crippen molar-refractivity contribution in [1.29, 1.82) is 0 Å². The molecule has 2 amide bonds. The summed E-state index contributed by atoms with van der Waals surface area (Å²) < 4.78 is 5.66. The van der Waals surface area contributed by atoms with Gasteiger partial charge in [0.2, 0.25) is 0 Å². The Labute approximate surface area is 176 Å². The second-order valence-electron chi connectivity index (χ2n) is 7.47. The Morgan fingerprint density at radius 3 is 2.45 bits per heavy atom. The zero-order chi connectivity index (χ0) is 20.6. The van der Waals surface area contributed by atoms with E-state index in [4.69, 9.17) is 4.74 Å². The molecule has 1 aromatic carbocycles. The third-order valence-electron chi connectivity index (χ3n) is 5.09. The SMILES string of the molecule is CC(C)c1ccc(OCC(=O)N2CCN(CCNC(=O)c3cccs3)CC2)cc1. The van der Waals surface area contributed by atoms with Crippen molar-refractivity contribution in [2.24, 2.45) is 0 Å². The monoisotopic (exact) mass is 415 g/mol. The molecule has 1 fully saturated rings. The fourth-order valence-electron chi connectivity index (χ4n) is 3.23. The Morgan fingerprint density at radius 1 is 1.10 bits per heavy atom. The number of carbonyl (C=O) groups is 2. The van der Waals surface area contributed by atoms with E-state index < -0.39 is 0 Å². The number of ether oxygens (including phenoxy) is 1. The first kappa shape index (κ1) is 21.3. The molecule has 0 atom stereocenters. The van der Waals surface area contributed by atoms with Crippen molar-refractivity contribution in [3.8, 4) is 5.75 Å². The molecule has 7 heteroatoms. The summed E-state index contributed by atoms with van der Waals surface area (Å²) in [5, 5.41) is 4.84. The van der Waals surface area contributed by atoms with E-state index in [0.717, 1.165) is 30.3 Å². The van der Waals surface area contributed by atoms with Gasteiger partial charge in [0.05, 0.1) is 4.88 Å². The van der Waals surface area contributed by atoms with Crippen LogP contribution in [0.4, 0.5) is 0 Å². The highest BCUT2D eigenvalue weighted by atomic mass is 32.1. The molecule has 0 bridgehead atoms. The van der Waals surface area contributed by atoms with Gasteiger partial charge in [0, 0.05) is 39.3 Å².